The number of likely N-dealkylation sites (N-methyl/N-ethyl adjacent to an activating group) is 1. The van der Waals surface area contributed by atoms with E-state index in [0.717, 1.165) is 19.3 Å². The predicted octanol–water partition coefficient (Wildman–Crippen LogP) is -0.506. The molecule has 1 atom stereocenters. The quantitative estimate of drug-likeness (QED) is 0.677. The number of carbonyl (C=O) groups excluding carboxylic acids is 2. The van der Waals surface area contributed by atoms with Crippen molar-refractivity contribution in [3.8, 4) is 0 Å². The average molecular weight is 236 g/mol. The van der Waals surface area contributed by atoms with Gasteiger partial charge in [-0.05, 0) is 19.3 Å². The smallest absolute Gasteiger partial charge is 0.239 e. The Balaban J connectivity index is 0.00000196. The molecular weight excluding hydrogens is 218 g/mol. The monoisotopic (exact) mass is 235 g/mol. The van der Waals surface area contributed by atoms with Crippen molar-refractivity contribution in [2.24, 2.45) is 5.73 Å². The molecule has 1 aliphatic rings. The lowest BCUT2D eigenvalue weighted by atomic mass is 10.1. The number of rotatable bonds is 2. The van der Waals surface area contributed by atoms with Gasteiger partial charge in [-0.1, -0.05) is 0 Å². The molecular formula is C9H18ClN3O2. The summed E-state index contributed by atoms with van der Waals surface area (Å²) in [5.41, 5.74) is 5.66. The summed E-state index contributed by atoms with van der Waals surface area (Å²) in [7, 11) is 1.56. The Morgan fingerprint density at radius 3 is 2.87 bits per heavy atom. The number of carbonyl (C=O) groups is 2. The lowest BCUT2D eigenvalue weighted by Crippen LogP contribution is -2.46. The molecule has 6 heteroatoms. The van der Waals surface area contributed by atoms with E-state index < -0.39 is 6.04 Å². The Morgan fingerprint density at radius 1 is 1.60 bits per heavy atom. The Labute approximate surface area is 95.8 Å². The number of amides is 2. The fraction of sp³-hybridized carbons (Fsp3) is 0.778. The Morgan fingerprint density at radius 2 is 2.27 bits per heavy atom. The van der Waals surface area contributed by atoms with Crippen LogP contribution in [0.15, 0.2) is 0 Å². The van der Waals surface area contributed by atoms with Crippen molar-refractivity contribution >= 4 is 24.2 Å². The van der Waals surface area contributed by atoms with Crippen LogP contribution >= 0.6 is 12.4 Å². The molecule has 1 heterocycles. The summed E-state index contributed by atoms with van der Waals surface area (Å²) in [6, 6.07) is -0.429. The second-order valence-corrected chi connectivity index (χ2v) is 3.54. The van der Waals surface area contributed by atoms with Crippen LogP contribution in [0.1, 0.15) is 19.3 Å². The van der Waals surface area contributed by atoms with Crippen LogP contribution in [0.5, 0.6) is 0 Å². The average Bonchev–Trinajstić information content (AvgIpc) is 2.33. The van der Waals surface area contributed by atoms with Gasteiger partial charge in [-0.25, -0.2) is 0 Å². The zero-order valence-corrected chi connectivity index (χ0v) is 9.68. The van der Waals surface area contributed by atoms with Gasteiger partial charge in [0, 0.05) is 13.6 Å². The number of hydrogen-bond acceptors (Lipinski definition) is 3. The van der Waals surface area contributed by atoms with Crippen LogP contribution in [0.3, 0.4) is 0 Å². The molecule has 0 saturated carbocycles. The van der Waals surface area contributed by atoms with Gasteiger partial charge in [-0.3, -0.25) is 9.59 Å². The lowest BCUT2D eigenvalue weighted by Gasteiger charge is -2.21. The molecule has 1 unspecified atom stereocenters. The van der Waals surface area contributed by atoms with Gasteiger partial charge in [-0.2, -0.15) is 0 Å². The minimum atomic E-state index is -0.429. The van der Waals surface area contributed by atoms with Gasteiger partial charge >= 0.3 is 0 Å². The predicted molar refractivity (Wildman–Crippen MR) is 59.7 cm³/mol. The summed E-state index contributed by atoms with van der Waals surface area (Å²) >= 11 is 0. The standard InChI is InChI=1S/C9H17N3O2.ClH/c1-11-8(13)6-12-5-3-2-4-7(10)9(12)14;/h7H,2-6,10H2,1H3,(H,11,13);1H. The molecule has 0 aromatic rings. The number of halogens is 1. The molecule has 3 N–H and O–H groups in total. The number of likely N-dealkylation sites (tertiary alicyclic amines) is 1. The van der Waals surface area contributed by atoms with Crippen molar-refractivity contribution < 1.29 is 9.59 Å². The third kappa shape index (κ3) is 4.05. The molecule has 1 fully saturated rings. The fourth-order valence-corrected chi connectivity index (χ4v) is 1.54. The first-order valence-electron chi connectivity index (χ1n) is 4.90. The second kappa shape index (κ2) is 6.63. The molecule has 0 aromatic carbocycles. The molecule has 0 aliphatic carbocycles. The fourth-order valence-electron chi connectivity index (χ4n) is 1.54. The van der Waals surface area contributed by atoms with E-state index in [0.29, 0.717) is 6.54 Å². The molecule has 0 aromatic heterocycles. The van der Waals surface area contributed by atoms with Crippen LogP contribution in [-0.2, 0) is 9.59 Å². The van der Waals surface area contributed by atoms with Crippen LogP contribution in [0, 0.1) is 0 Å². The summed E-state index contributed by atoms with van der Waals surface area (Å²) in [6.07, 6.45) is 2.61. The topological polar surface area (TPSA) is 75.4 Å². The molecule has 88 valence electrons. The minimum absolute atomic E-state index is 0. The van der Waals surface area contributed by atoms with Gasteiger partial charge in [0.15, 0.2) is 0 Å². The molecule has 1 saturated heterocycles. The number of hydrogen-bond donors (Lipinski definition) is 2. The van der Waals surface area contributed by atoms with E-state index in [2.05, 4.69) is 5.32 Å². The molecule has 2 amide bonds. The van der Waals surface area contributed by atoms with Crippen LogP contribution in [0.25, 0.3) is 0 Å². The molecule has 15 heavy (non-hydrogen) atoms. The summed E-state index contributed by atoms with van der Waals surface area (Å²) in [5.74, 6) is -0.251. The van der Waals surface area contributed by atoms with Crippen LogP contribution in [0.2, 0.25) is 0 Å². The highest BCUT2D eigenvalue weighted by Gasteiger charge is 2.24. The number of nitrogens with two attached hydrogens (primary N) is 1. The van der Waals surface area contributed by atoms with Crippen molar-refractivity contribution in [2.45, 2.75) is 25.3 Å². The van der Waals surface area contributed by atoms with E-state index in [-0.39, 0.29) is 30.8 Å². The third-order valence-electron chi connectivity index (χ3n) is 2.44. The molecule has 5 nitrogen and oxygen atoms in total. The van der Waals surface area contributed by atoms with E-state index >= 15 is 0 Å². The maximum atomic E-state index is 11.6. The first-order chi connectivity index (χ1) is 6.65. The van der Waals surface area contributed by atoms with Crippen molar-refractivity contribution in [2.75, 3.05) is 20.1 Å². The highest BCUT2D eigenvalue weighted by molar-refractivity contribution is 5.87. The highest BCUT2D eigenvalue weighted by atomic mass is 35.5. The first kappa shape index (κ1) is 14.2. The van der Waals surface area contributed by atoms with Gasteiger partial charge < -0.3 is 16.0 Å². The van der Waals surface area contributed by atoms with Crippen LogP contribution < -0.4 is 11.1 Å². The first-order valence-corrected chi connectivity index (χ1v) is 4.90. The Kier molecular flexibility index (Phi) is 6.27. The molecule has 0 radical (unpaired) electrons. The van der Waals surface area contributed by atoms with E-state index in [1.54, 1.807) is 7.05 Å². The Hall–Kier alpha value is -0.810. The van der Waals surface area contributed by atoms with Gasteiger partial charge in [-0.15, -0.1) is 12.4 Å². The van der Waals surface area contributed by atoms with E-state index in [4.69, 9.17) is 5.73 Å². The third-order valence-corrected chi connectivity index (χ3v) is 2.44. The van der Waals surface area contributed by atoms with Crippen molar-refractivity contribution in [1.82, 2.24) is 10.2 Å². The molecule has 1 rings (SSSR count). The summed E-state index contributed by atoms with van der Waals surface area (Å²) in [4.78, 5) is 24.3. The van der Waals surface area contributed by atoms with Gasteiger partial charge in [0.1, 0.15) is 0 Å². The van der Waals surface area contributed by atoms with Gasteiger partial charge in [0.25, 0.3) is 0 Å². The van der Waals surface area contributed by atoms with Crippen molar-refractivity contribution in [3.05, 3.63) is 0 Å². The molecule has 0 bridgehead atoms. The number of nitrogens with zero attached hydrogens (tertiary/aromatic N) is 1. The zero-order valence-electron chi connectivity index (χ0n) is 8.86. The van der Waals surface area contributed by atoms with E-state index in [9.17, 15) is 9.59 Å². The van der Waals surface area contributed by atoms with Crippen molar-refractivity contribution in [3.63, 3.8) is 0 Å². The van der Waals surface area contributed by atoms with Crippen LogP contribution in [0.4, 0.5) is 0 Å². The van der Waals surface area contributed by atoms with E-state index in [1.807, 2.05) is 0 Å². The molecule has 1 aliphatic heterocycles. The summed E-state index contributed by atoms with van der Waals surface area (Å²) in [5, 5.41) is 2.49. The highest BCUT2D eigenvalue weighted by Crippen LogP contribution is 2.09. The van der Waals surface area contributed by atoms with E-state index in [1.165, 1.54) is 4.90 Å². The Bertz CT molecular complexity index is 235. The van der Waals surface area contributed by atoms with Crippen LogP contribution in [-0.4, -0.2) is 42.9 Å². The number of nitrogens with one attached hydrogen (secondary N) is 1. The lowest BCUT2D eigenvalue weighted by molar-refractivity contribution is -0.136. The largest absolute Gasteiger partial charge is 0.358 e. The van der Waals surface area contributed by atoms with Crippen molar-refractivity contribution in [1.29, 1.82) is 0 Å². The maximum Gasteiger partial charge on any atom is 0.239 e. The second-order valence-electron chi connectivity index (χ2n) is 3.54. The van der Waals surface area contributed by atoms with Gasteiger partial charge in [0.05, 0.1) is 12.6 Å². The minimum Gasteiger partial charge on any atom is -0.358 e. The van der Waals surface area contributed by atoms with Gasteiger partial charge in [0.2, 0.25) is 11.8 Å². The summed E-state index contributed by atoms with van der Waals surface area (Å²) in [6.45, 7) is 0.767. The normalized spacial score (nSPS) is 21.6. The SMILES string of the molecule is CNC(=O)CN1CCCCC(N)C1=O.Cl. The molecule has 0 spiro atoms. The maximum absolute atomic E-state index is 11.6. The summed E-state index contributed by atoms with van der Waals surface area (Å²) < 4.78 is 0. The zero-order chi connectivity index (χ0) is 10.6.